The van der Waals surface area contributed by atoms with Crippen molar-refractivity contribution in [2.45, 2.75) is 51.2 Å². The fourth-order valence-electron chi connectivity index (χ4n) is 3.55. The minimum absolute atomic E-state index is 0.00811. The molecule has 156 valence electrons. The molecular weight excluding hydrogens is 397 g/mol. The first-order valence-electron chi connectivity index (χ1n) is 9.72. The zero-order valence-electron chi connectivity index (χ0n) is 17.1. The zero-order valence-corrected chi connectivity index (χ0v) is 18.9. The third kappa shape index (κ3) is 5.00. The summed E-state index contributed by atoms with van der Waals surface area (Å²) in [4.78, 5) is 4.49. The fraction of sp³-hybridized carbons (Fsp3) is 0.632. The van der Waals surface area contributed by atoms with E-state index in [1.807, 2.05) is 10.8 Å². The van der Waals surface area contributed by atoms with E-state index in [0.29, 0.717) is 55.9 Å². The van der Waals surface area contributed by atoms with Crippen LogP contribution in [-0.2, 0) is 21.5 Å². The Bertz CT molecular complexity index is 932. The number of sulfonamides is 1. The molecular formula is C19H30FN3O3SSi. The molecule has 0 radical (unpaired) electrons. The van der Waals surface area contributed by atoms with Crippen LogP contribution in [0, 0.1) is 5.82 Å². The van der Waals surface area contributed by atoms with Gasteiger partial charge in [-0.2, -0.15) is 0 Å². The molecule has 2 aromatic heterocycles. The van der Waals surface area contributed by atoms with Gasteiger partial charge in [0, 0.05) is 45.7 Å². The zero-order chi connectivity index (χ0) is 20.5. The first-order chi connectivity index (χ1) is 13.1. The number of pyridine rings is 1. The number of piperidine rings is 1. The molecule has 0 amide bonds. The molecule has 0 spiro atoms. The van der Waals surface area contributed by atoms with E-state index in [-0.39, 0.29) is 11.7 Å². The third-order valence-corrected chi connectivity index (χ3v) is 8.35. The molecule has 0 aromatic carbocycles. The lowest BCUT2D eigenvalue weighted by atomic mass is 9.90. The van der Waals surface area contributed by atoms with E-state index in [2.05, 4.69) is 24.6 Å². The van der Waals surface area contributed by atoms with Crippen LogP contribution in [0.1, 0.15) is 24.3 Å². The summed E-state index contributed by atoms with van der Waals surface area (Å²) in [5.41, 5.74) is 1.17. The molecule has 1 aliphatic rings. The van der Waals surface area contributed by atoms with E-state index in [1.165, 1.54) is 10.6 Å². The summed E-state index contributed by atoms with van der Waals surface area (Å²) < 4.78 is 47.5. The summed E-state index contributed by atoms with van der Waals surface area (Å²) in [6.07, 6.45) is 5.85. The van der Waals surface area contributed by atoms with Crippen molar-refractivity contribution in [3.05, 3.63) is 29.8 Å². The maximum atomic E-state index is 15.1. The number of aromatic nitrogens is 2. The Balaban J connectivity index is 1.69. The van der Waals surface area contributed by atoms with Crippen molar-refractivity contribution < 1.29 is 17.5 Å². The van der Waals surface area contributed by atoms with Crippen molar-refractivity contribution in [1.82, 2.24) is 13.9 Å². The van der Waals surface area contributed by atoms with E-state index in [1.54, 1.807) is 12.3 Å². The average molecular weight is 428 g/mol. The highest BCUT2D eigenvalue weighted by Crippen LogP contribution is 2.33. The van der Waals surface area contributed by atoms with Crippen LogP contribution in [0.4, 0.5) is 4.39 Å². The summed E-state index contributed by atoms with van der Waals surface area (Å²) >= 11 is 0. The molecule has 0 bridgehead atoms. The van der Waals surface area contributed by atoms with Gasteiger partial charge in [0.25, 0.3) is 0 Å². The number of halogens is 1. The Morgan fingerprint density at radius 3 is 2.57 bits per heavy atom. The van der Waals surface area contributed by atoms with Crippen molar-refractivity contribution in [2.24, 2.45) is 0 Å². The second-order valence-electron chi connectivity index (χ2n) is 8.83. The number of fused-ring (bicyclic) bond motifs is 1. The molecule has 0 aliphatic carbocycles. The standard InChI is InChI=1S/C19H30FN3O3SSi/c1-27(24,25)23-9-5-15(6-10-23)17-13-21-19-16(18(17)20)7-8-22(19)14-26-11-12-28(2,3)4/h7-8,13,15H,5-6,9-12,14H2,1-4H3. The Labute approximate surface area is 167 Å². The summed E-state index contributed by atoms with van der Waals surface area (Å²) in [7, 11) is -4.32. The van der Waals surface area contributed by atoms with Crippen LogP contribution < -0.4 is 0 Å². The maximum absolute atomic E-state index is 15.1. The quantitative estimate of drug-likeness (QED) is 0.500. The Morgan fingerprint density at radius 2 is 1.96 bits per heavy atom. The lowest BCUT2D eigenvalue weighted by Gasteiger charge is -2.30. The smallest absolute Gasteiger partial charge is 0.211 e. The predicted molar refractivity (Wildman–Crippen MR) is 112 cm³/mol. The summed E-state index contributed by atoms with van der Waals surface area (Å²) in [5.74, 6) is -0.255. The number of rotatable bonds is 7. The minimum atomic E-state index is -3.18. The molecule has 1 fully saturated rings. The molecule has 9 heteroatoms. The van der Waals surface area contributed by atoms with Gasteiger partial charge in [0.15, 0.2) is 0 Å². The van der Waals surface area contributed by atoms with Crippen LogP contribution in [0.15, 0.2) is 18.5 Å². The van der Waals surface area contributed by atoms with Gasteiger partial charge in [-0.05, 0) is 30.9 Å². The molecule has 0 unspecified atom stereocenters. The lowest BCUT2D eigenvalue weighted by Crippen LogP contribution is -2.37. The minimum Gasteiger partial charge on any atom is -0.361 e. The molecule has 0 N–H and O–H groups in total. The van der Waals surface area contributed by atoms with Crippen LogP contribution in [0.2, 0.25) is 25.7 Å². The van der Waals surface area contributed by atoms with Gasteiger partial charge in [0.05, 0.1) is 11.6 Å². The molecule has 28 heavy (non-hydrogen) atoms. The highest BCUT2D eigenvalue weighted by Gasteiger charge is 2.28. The molecule has 2 aromatic rings. The molecule has 3 heterocycles. The number of hydrogen-bond donors (Lipinski definition) is 0. The summed E-state index contributed by atoms with van der Waals surface area (Å²) in [6.45, 7) is 8.84. The summed E-state index contributed by atoms with van der Waals surface area (Å²) in [6, 6.07) is 2.83. The predicted octanol–water partition coefficient (Wildman–Crippen LogP) is 3.63. The van der Waals surface area contributed by atoms with Gasteiger partial charge >= 0.3 is 0 Å². The monoisotopic (exact) mass is 427 g/mol. The van der Waals surface area contributed by atoms with E-state index in [4.69, 9.17) is 4.74 Å². The second kappa shape index (κ2) is 8.21. The maximum Gasteiger partial charge on any atom is 0.211 e. The summed E-state index contributed by atoms with van der Waals surface area (Å²) in [5, 5.41) is 0.497. The Morgan fingerprint density at radius 1 is 1.29 bits per heavy atom. The topological polar surface area (TPSA) is 64.4 Å². The second-order valence-corrected chi connectivity index (χ2v) is 16.4. The van der Waals surface area contributed by atoms with Crippen molar-refractivity contribution in [3.8, 4) is 0 Å². The fourth-order valence-corrected chi connectivity index (χ4v) is 5.18. The van der Waals surface area contributed by atoms with Crippen molar-refractivity contribution in [2.75, 3.05) is 26.0 Å². The molecule has 1 saturated heterocycles. The van der Waals surface area contributed by atoms with Crippen molar-refractivity contribution in [3.63, 3.8) is 0 Å². The van der Waals surface area contributed by atoms with Crippen molar-refractivity contribution in [1.29, 1.82) is 0 Å². The van der Waals surface area contributed by atoms with Gasteiger partial charge in [-0.25, -0.2) is 22.1 Å². The first kappa shape index (κ1) is 21.4. The number of hydrogen-bond acceptors (Lipinski definition) is 4. The van der Waals surface area contributed by atoms with Gasteiger partial charge in [0.1, 0.15) is 18.2 Å². The SMILES string of the molecule is C[Si](C)(C)CCOCn1ccc2c(F)c(C3CCN(S(C)(=O)=O)CC3)cnc21. The van der Waals surface area contributed by atoms with E-state index in [0.717, 1.165) is 6.04 Å². The number of ether oxygens (including phenoxy) is 1. The third-order valence-electron chi connectivity index (χ3n) is 5.34. The number of nitrogens with zero attached hydrogens (tertiary/aromatic N) is 3. The van der Waals surface area contributed by atoms with Crippen LogP contribution in [-0.4, -0.2) is 56.3 Å². The molecule has 6 nitrogen and oxygen atoms in total. The van der Waals surface area contributed by atoms with Crippen LogP contribution >= 0.6 is 0 Å². The highest BCUT2D eigenvalue weighted by atomic mass is 32.2. The molecule has 1 aliphatic heterocycles. The van der Waals surface area contributed by atoms with Crippen LogP contribution in [0.5, 0.6) is 0 Å². The van der Waals surface area contributed by atoms with Crippen LogP contribution in [0.3, 0.4) is 0 Å². The van der Waals surface area contributed by atoms with Gasteiger partial charge < -0.3 is 9.30 Å². The van der Waals surface area contributed by atoms with Gasteiger partial charge in [-0.3, -0.25) is 0 Å². The largest absolute Gasteiger partial charge is 0.361 e. The Hall–Kier alpha value is -1.29. The van der Waals surface area contributed by atoms with Gasteiger partial charge in [-0.1, -0.05) is 19.6 Å². The highest BCUT2D eigenvalue weighted by molar-refractivity contribution is 7.88. The van der Waals surface area contributed by atoms with E-state index < -0.39 is 18.1 Å². The molecule has 0 saturated carbocycles. The van der Waals surface area contributed by atoms with Gasteiger partial charge in [-0.15, -0.1) is 0 Å². The molecule has 3 rings (SSSR count). The first-order valence-corrected chi connectivity index (χ1v) is 15.3. The molecule has 0 atom stereocenters. The lowest BCUT2D eigenvalue weighted by molar-refractivity contribution is 0.0899. The van der Waals surface area contributed by atoms with E-state index in [9.17, 15) is 8.42 Å². The average Bonchev–Trinajstić information content (AvgIpc) is 3.02. The van der Waals surface area contributed by atoms with Gasteiger partial charge in [0.2, 0.25) is 10.0 Å². The Kier molecular flexibility index (Phi) is 6.28. The van der Waals surface area contributed by atoms with E-state index >= 15 is 4.39 Å². The van der Waals surface area contributed by atoms with Crippen LogP contribution in [0.25, 0.3) is 11.0 Å². The normalized spacial score (nSPS) is 17.5. The van der Waals surface area contributed by atoms with Crippen molar-refractivity contribution >= 4 is 29.1 Å².